The number of nitrogens with zero attached hydrogens (tertiary/aromatic N) is 2. The van der Waals surface area contributed by atoms with Gasteiger partial charge in [0.25, 0.3) is 0 Å². The van der Waals surface area contributed by atoms with E-state index in [0.29, 0.717) is 18.1 Å². The molecule has 0 spiro atoms. The number of carbonyl (C=O) groups excluding carboxylic acids is 1. The molecule has 0 aliphatic heterocycles. The molecule has 0 radical (unpaired) electrons. The van der Waals surface area contributed by atoms with Crippen LogP contribution in [0.5, 0.6) is 0 Å². The fraction of sp³-hybridized carbons (Fsp3) is 0.500. The van der Waals surface area contributed by atoms with Gasteiger partial charge in [0.2, 0.25) is 0 Å². The number of fused-ring (bicyclic) bond motifs is 1. The van der Waals surface area contributed by atoms with E-state index in [0.717, 1.165) is 23.9 Å². The summed E-state index contributed by atoms with van der Waals surface area (Å²) in [5.41, 5.74) is 2.82. The maximum Gasteiger partial charge on any atom is 0.340 e. The van der Waals surface area contributed by atoms with Gasteiger partial charge in [-0.1, -0.05) is 19.3 Å². The molecular weight excluding hydrogens is 252 g/mol. The van der Waals surface area contributed by atoms with Crippen molar-refractivity contribution in [3.8, 4) is 0 Å². The van der Waals surface area contributed by atoms with Crippen LogP contribution < -0.4 is 0 Å². The van der Waals surface area contributed by atoms with Crippen molar-refractivity contribution >= 4 is 11.5 Å². The first-order valence-electron chi connectivity index (χ1n) is 7.44. The number of carbonyl (C=O) groups is 1. The SMILES string of the molecule is CCOC(=O)c1cnn2cccc2c1C1CCCCC1. The molecular formula is C16H20N2O2. The quantitative estimate of drug-likeness (QED) is 0.802. The van der Waals surface area contributed by atoms with Gasteiger partial charge in [-0.3, -0.25) is 0 Å². The first-order chi connectivity index (χ1) is 9.81. The van der Waals surface area contributed by atoms with Crippen LogP contribution >= 0.6 is 0 Å². The molecule has 1 saturated carbocycles. The van der Waals surface area contributed by atoms with Gasteiger partial charge in [-0.15, -0.1) is 0 Å². The van der Waals surface area contributed by atoms with E-state index < -0.39 is 0 Å². The Morgan fingerprint density at radius 2 is 2.20 bits per heavy atom. The fourth-order valence-corrected chi connectivity index (χ4v) is 3.21. The molecule has 106 valence electrons. The lowest BCUT2D eigenvalue weighted by Crippen LogP contribution is -2.15. The first kappa shape index (κ1) is 13.2. The Morgan fingerprint density at radius 1 is 1.40 bits per heavy atom. The number of hydrogen-bond donors (Lipinski definition) is 0. The standard InChI is InChI=1S/C16H20N2O2/c1-2-20-16(19)13-11-17-18-10-6-9-14(18)15(13)12-7-4-3-5-8-12/h6,9-12H,2-5,7-8H2,1H3. The highest BCUT2D eigenvalue weighted by atomic mass is 16.5. The molecule has 2 aromatic heterocycles. The zero-order valence-corrected chi connectivity index (χ0v) is 11.8. The van der Waals surface area contributed by atoms with Gasteiger partial charge in [-0.25, -0.2) is 9.31 Å². The summed E-state index contributed by atoms with van der Waals surface area (Å²) in [4.78, 5) is 12.2. The molecule has 0 aromatic carbocycles. The molecule has 1 aliphatic carbocycles. The molecule has 0 N–H and O–H groups in total. The number of hydrogen-bond acceptors (Lipinski definition) is 3. The van der Waals surface area contributed by atoms with Gasteiger partial charge in [-0.2, -0.15) is 5.10 Å². The maximum atomic E-state index is 12.2. The molecule has 0 saturated heterocycles. The Kier molecular flexibility index (Phi) is 3.72. The van der Waals surface area contributed by atoms with E-state index in [4.69, 9.17) is 4.74 Å². The summed E-state index contributed by atoms with van der Waals surface area (Å²) < 4.78 is 7.05. The second-order valence-corrected chi connectivity index (χ2v) is 5.37. The van der Waals surface area contributed by atoms with Crippen LogP contribution in [0, 0.1) is 0 Å². The maximum absolute atomic E-state index is 12.2. The average Bonchev–Trinajstić information content (AvgIpc) is 2.95. The largest absolute Gasteiger partial charge is 0.462 e. The van der Waals surface area contributed by atoms with Gasteiger partial charge in [0.1, 0.15) is 0 Å². The monoisotopic (exact) mass is 272 g/mol. The van der Waals surface area contributed by atoms with Gasteiger partial charge < -0.3 is 4.74 Å². The lowest BCUT2D eigenvalue weighted by atomic mass is 9.82. The summed E-state index contributed by atoms with van der Waals surface area (Å²) >= 11 is 0. The number of rotatable bonds is 3. The number of ether oxygens (including phenoxy) is 1. The smallest absolute Gasteiger partial charge is 0.340 e. The minimum atomic E-state index is -0.246. The van der Waals surface area contributed by atoms with Gasteiger partial charge >= 0.3 is 5.97 Å². The van der Waals surface area contributed by atoms with Crippen LogP contribution in [0.2, 0.25) is 0 Å². The fourth-order valence-electron chi connectivity index (χ4n) is 3.21. The molecule has 20 heavy (non-hydrogen) atoms. The average molecular weight is 272 g/mol. The second-order valence-electron chi connectivity index (χ2n) is 5.37. The van der Waals surface area contributed by atoms with Crippen LogP contribution in [-0.4, -0.2) is 22.2 Å². The van der Waals surface area contributed by atoms with Gasteiger partial charge in [0.05, 0.1) is 23.9 Å². The molecule has 2 heterocycles. The Balaban J connectivity index is 2.10. The topological polar surface area (TPSA) is 43.6 Å². The number of esters is 1. The predicted molar refractivity (Wildman–Crippen MR) is 77.0 cm³/mol. The van der Waals surface area contributed by atoms with Crippen molar-refractivity contribution in [2.24, 2.45) is 0 Å². The zero-order valence-electron chi connectivity index (χ0n) is 11.8. The summed E-state index contributed by atoms with van der Waals surface area (Å²) in [7, 11) is 0. The van der Waals surface area contributed by atoms with Crippen LogP contribution in [0.15, 0.2) is 24.5 Å². The predicted octanol–water partition coefficient (Wildman–Crippen LogP) is 3.56. The van der Waals surface area contributed by atoms with Crippen LogP contribution in [0.4, 0.5) is 0 Å². The molecule has 3 rings (SSSR count). The van der Waals surface area contributed by atoms with Crippen molar-refractivity contribution in [1.82, 2.24) is 9.61 Å². The summed E-state index contributed by atoms with van der Waals surface area (Å²) in [6, 6.07) is 4.02. The highest BCUT2D eigenvalue weighted by molar-refractivity contribution is 5.93. The van der Waals surface area contributed by atoms with Gasteiger partial charge in [0.15, 0.2) is 0 Å². The van der Waals surface area contributed by atoms with Crippen LogP contribution in [0.3, 0.4) is 0 Å². The van der Waals surface area contributed by atoms with E-state index in [1.54, 1.807) is 6.20 Å². The van der Waals surface area contributed by atoms with E-state index in [1.165, 1.54) is 19.3 Å². The van der Waals surface area contributed by atoms with Crippen molar-refractivity contribution in [2.75, 3.05) is 6.61 Å². The zero-order chi connectivity index (χ0) is 13.9. The Hall–Kier alpha value is -1.84. The minimum absolute atomic E-state index is 0.246. The third-order valence-corrected chi connectivity index (χ3v) is 4.11. The van der Waals surface area contributed by atoms with E-state index in [1.807, 2.05) is 29.8 Å². The van der Waals surface area contributed by atoms with Crippen molar-refractivity contribution in [3.05, 3.63) is 35.7 Å². The van der Waals surface area contributed by atoms with E-state index >= 15 is 0 Å². The van der Waals surface area contributed by atoms with Crippen molar-refractivity contribution in [3.63, 3.8) is 0 Å². The van der Waals surface area contributed by atoms with E-state index in [2.05, 4.69) is 5.10 Å². The van der Waals surface area contributed by atoms with Crippen molar-refractivity contribution in [2.45, 2.75) is 44.9 Å². The molecule has 0 bridgehead atoms. The normalized spacial score (nSPS) is 16.4. The molecule has 1 aliphatic rings. The lowest BCUT2D eigenvalue weighted by molar-refractivity contribution is 0.0523. The van der Waals surface area contributed by atoms with Crippen molar-refractivity contribution in [1.29, 1.82) is 0 Å². The molecule has 0 amide bonds. The molecule has 1 fully saturated rings. The third-order valence-electron chi connectivity index (χ3n) is 4.11. The summed E-state index contributed by atoms with van der Waals surface area (Å²) in [5.74, 6) is 0.202. The summed E-state index contributed by atoms with van der Waals surface area (Å²) in [5, 5.41) is 4.32. The minimum Gasteiger partial charge on any atom is -0.462 e. The molecule has 4 heteroatoms. The molecule has 2 aromatic rings. The lowest BCUT2D eigenvalue weighted by Gasteiger charge is -2.24. The third kappa shape index (κ3) is 2.30. The Bertz CT molecular complexity index is 612. The van der Waals surface area contributed by atoms with Gasteiger partial charge in [-0.05, 0) is 43.4 Å². The van der Waals surface area contributed by atoms with Crippen LogP contribution in [0.25, 0.3) is 5.52 Å². The number of aromatic nitrogens is 2. The summed E-state index contributed by atoms with van der Waals surface area (Å²) in [6.45, 7) is 2.23. The van der Waals surface area contributed by atoms with Crippen molar-refractivity contribution < 1.29 is 9.53 Å². The first-order valence-corrected chi connectivity index (χ1v) is 7.44. The molecule has 0 unspecified atom stereocenters. The van der Waals surface area contributed by atoms with Crippen LogP contribution in [0.1, 0.15) is 60.9 Å². The Morgan fingerprint density at radius 3 is 2.95 bits per heavy atom. The highest BCUT2D eigenvalue weighted by Gasteiger charge is 2.25. The van der Waals surface area contributed by atoms with Gasteiger partial charge in [0, 0.05) is 6.20 Å². The molecule has 0 atom stereocenters. The molecule has 4 nitrogen and oxygen atoms in total. The van der Waals surface area contributed by atoms with E-state index in [-0.39, 0.29) is 5.97 Å². The Labute approximate surface area is 118 Å². The second kappa shape index (κ2) is 5.65. The highest BCUT2D eigenvalue weighted by Crippen LogP contribution is 2.36. The summed E-state index contributed by atoms with van der Waals surface area (Å²) in [6.07, 6.45) is 9.66. The van der Waals surface area contributed by atoms with E-state index in [9.17, 15) is 4.79 Å². The van der Waals surface area contributed by atoms with Crippen LogP contribution in [-0.2, 0) is 4.74 Å².